The normalized spacial score (nSPS) is 23.4. The Hall–Kier alpha value is -2.49. The minimum atomic E-state index is -0.833. The summed E-state index contributed by atoms with van der Waals surface area (Å²) in [7, 11) is -0.833. The van der Waals surface area contributed by atoms with Gasteiger partial charge in [0, 0.05) is 35.4 Å². The first-order valence-corrected chi connectivity index (χ1v) is 10.3. The fourth-order valence-corrected chi connectivity index (χ4v) is 4.45. The predicted octanol–water partition coefficient (Wildman–Crippen LogP) is 1.40. The highest BCUT2D eigenvalue weighted by atomic mass is 32.2. The maximum atomic E-state index is 14.7. The van der Waals surface area contributed by atoms with Gasteiger partial charge in [-0.05, 0) is 24.6 Å². The van der Waals surface area contributed by atoms with Crippen molar-refractivity contribution in [2.75, 3.05) is 40.9 Å². The van der Waals surface area contributed by atoms with Crippen molar-refractivity contribution in [3.8, 4) is 0 Å². The Bertz CT molecular complexity index is 847. The zero-order valence-corrected chi connectivity index (χ0v) is 15.5. The third-order valence-electron chi connectivity index (χ3n) is 4.70. The molecule has 0 N–H and O–H groups in total. The van der Waals surface area contributed by atoms with Gasteiger partial charge in [-0.2, -0.15) is 5.10 Å². The molecule has 0 aliphatic carbocycles. The number of carbonyl (C=O) groups excluding carboxylic acids is 1. The molecule has 2 aliphatic rings. The van der Waals surface area contributed by atoms with E-state index in [1.165, 1.54) is 17.3 Å². The summed E-state index contributed by atoms with van der Waals surface area (Å²) in [6, 6.07) is 4.76. The highest BCUT2D eigenvalue weighted by molar-refractivity contribution is 7.85. The van der Waals surface area contributed by atoms with Crippen LogP contribution in [0.2, 0.25) is 0 Å². The summed E-state index contributed by atoms with van der Waals surface area (Å²) in [6.07, 6.45) is 2.87. The summed E-state index contributed by atoms with van der Waals surface area (Å²) in [6.45, 7) is 1.95. The van der Waals surface area contributed by atoms with Gasteiger partial charge < -0.3 is 9.64 Å². The smallest absolute Gasteiger partial charge is 0.414 e. The Labute approximate surface area is 158 Å². The Balaban J connectivity index is 1.47. The first-order valence-electron chi connectivity index (χ1n) is 8.80. The van der Waals surface area contributed by atoms with Gasteiger partial charge in [0.25, 0.3) is 0 Å². The second kappa shape index (κ2) is 7.63. The van der Waals surface area contributed by atoms with Crippen LogP contribution < -0.4 is 9.80 Å². The maximum absolute atomic E-state index is 14.7. The van der Waals surface area contributed by atoms with Gasteiger partial charge in [0.15, 0.2) is 0 Å². The molecular formula is C17H20FN5O3S. The van der Waals surface area contributed by atoms with Crippen LogP contribution in [-0.4, -0.2) is 62.3 Å². The first-order chi connectivity index (χ1) is 13.1. The van der Waals surface area contributed by atoms with E-state index in [1.807, 2.05) is 4.90 Å². The van der Waals surface area contributed by atoms with Crippen LogP contribution in [0, 0.1) is 5.82 Å². The lowest BCUT2D eigenvalue weighted by atomic mass is 10.2. The topological polar surface area (TPSA) is 80.6 Å². The van der Waals surface area contributed by atoms with Gasteiger partial charge in [0.1, 0.15) is 24.6 Å². The molecule has 4 rings (SSSR count). The molecule has 0 bridgehead atoms. The molecule has 1 amide bonds. The van der Waals surface area contributed by atoms with Gasteiger partial charge in [-0.1, -0.05) is 0 Å². The summed E-state index contributed by atoms with van der Waals surface area (Å²) in [5.41, 5.74) is 0.935. The number of rotatable bonds is 4. The van der Waals surface area contributed by atoms with Crippen LogP contribution >= 0.6 is 0 Å². The van der Waals surface area contributed by atoms with Crippen LogP contribution in [0.25, 0.3) is 0 Å². The number of carbonyl (C=O) groups is 1. The molecule has 3 heterocycles. The molecule has 0 spiro atoms. The van der Waals surface area contributed by atoms with E-state index in [2.05, 4.69) is 10.1 Å². The molecule has 144 valence electrons. The van der Waals surface area contributed by atoms with Crippen LogP contribution in [0.1, 0.15) is 6.42 Å². The van der Waals surface area contributed by atoms with Crippen molar-refractivity contribution in [1.29, 1.82) is 0 Å². The van der Waals surface area contributed by atoms with E-state index in [4.69, 9.17) is 4.74 Å². The average Bonchev–Trinajstić information content (AvgIpc) is 3.22. The second-order valence-corrected chi connectivity index (χ2v) is 8.25. The Kier molecular flexibility index (Phi) is 5.06. The Morgan fingerprint density at radius 1 is 1.30 bits per heavy atom. The van der Waals surface area contributed by atoms with Crippen molar-refractivity contribution < 1.29 is 18.1 Å². The fourth-order valence-electron chi connectivity index (χ4n) is 3.37. The Morgan fingerprint density at radius 3 is 2.96 bits per heavy atom. The van der Waals surface area contributed by atoms with Crippen molar-refractivity contribution in [3.05, 3.63) is 36.7 Å². The lowest BCUT2D eigenvalue weighted by Gasteiger charge is -2.24. The molecule has 27 heavy (non-hydrogen) atoms. The van der Waals surface area contributed by atoms with Crippen LogP contribution in [-0.2, 0) is 22.1 Å². The van der Waals surface area contributed by atoms with Gasteiger partial charge in [-0.15, -0.1) is 0 Å². The minimum absolute atomic E-state index is 0.320. The molecular weight excluding hydrogens is 373 g/mol. The summed E-state index contributed by atoms with van der Waals surface area (Å²) in [5.74, 6) is 0.805. The van der Waals surface area contributed by atoms with Crippen molar-refractivity contribution in [2.24, 2.45) is 0 Å². The third-order valence-corrected chi connectivity index (χ3v) is 6.09. The highest BCUT2D eigenvalue weighted by Gasteiger charge is 2.33. The van der Waals surface area contributed by atoms with Crippen molar-refractivity contribution in [1.82, 2.24) is 14.8 Å². The average molecular weight is 393 g/mol. The number of benzene rings is 1. The lowest BCUT2D eigenvalue weighted by molar-refractivity contribution is 0.129. The van der Waals surface area contributed by atoms with Crippen LogP contribution in [0.4, 0.5) is 20.6 Å². The number of aromatic nitrogens is 3. The van der Waals surface area contributed by atoms with E-state index < -0.39 is 22.7 Å². The molecule has 10 heteroatoms. The molecule has 2 aromatic rings. The summed E-state index contributed by atoms with van der Waals surface area (Å²) in [4.78, 5) is 19.4. The molecule has 0 unspecified atom stereocenters. The number of cyclic esters (lactones) is 1. The monoisotopic (exact) mass is 393 g/mol. The maximum Gasteiger partial charge on any atom is 0.414 e. The zero-order valence-electron chi connectivity index (χ0n) is 14.7. The van der Waals surface area contributed by atoms with Crippen molar-refractivity contribution in [3.63, 3.8) is 0 Å². The number of halogens is 1. The van der Waals surface area contributed by atoms with E-state index in [-0.39, 0.29) is 6.10 Å². The molecule has 2 saturated heterocycles. The van der Waals surface area contributed by atoms with Crippen molar-refractivity contribution in [2.45, 2.75) is 19.1 Å². The fraction of sp³-hybridized carbons (Fsp3) is 0.471. The van der Waals surface area contributed by atoms with Crippen LogP contribution in [0.5, 0.6) is 0 Å². The minimum Gasteiger partial charge on any atom is -0.442 e. The second-order valence-electron chi connectivity index (χ2n) is 6.56. The SMILES string of the molecule is O=C1O[C@@H](Cn2cncn2)CN1c1ccc(N2CCC[S@@](=O)CC2)c(F)c1. The first kappa shape index (κ1) is 17.9. The summed E-state index contributed by atoms with van der Waals surface area (Å²) in [5, 5.41) is 4.00. The molecule has 8 nitrogen and oxygen atoms in total. The molecule has 1 aromatic heterocycles. The third kappa shape index (κ3) is 3.95. The molecule has 0 saturated carbocycles. The van der Waals surface area contributed by atoms with Gasteiger partial charge >= 0.3 is 6.09 Å². The van der Waals surface area contributed by atoms with E-state index in [9.17, 15) is 13.4 Å². The quantitative estimate of drug-likeness (QED) is 0.781. The van der Waals surface area contributed by atoms with E-state index in [0.29, 0.717) is 49.1 Å². The number of hydrogen-bond donors (Lipinski definition) is 0. The number of anilines is 2. The van der Waals surface area contributed by atoms with E-state index >= 15 is 0 Å². The van der Waals surface area contributed by atoms with Gasteiger partial charge in [0.05, 0.1) is 24.5 Å². The van der Waals surface area contributed by atoms with Gasteiger partial charge in [-0.3, -0.25) is 9.11 Å². The molecule has 0 radical (unpaired) electrons. The number of ether oxygens (including phenoxy) is 1. The number of nitrogens with zero attached hydrogens (tertiary/aromatic N) is 5. The van der Waals surface area contributed by atoms with Crippen LogP contribution in [0.15, 0.2) is 30.9 Å². The predicted molar refractivity (Wildman–Crippen MR) is 98.7 cm³/mol. The standard InChI is InChI=1S/C17H20FN5O3S/c18-15-8-13(2-3-16(15)21-4-1-6-27(25)7-5-21)23-10-14(26-17(23)24)9-22-12-19-11-20-22/h2-3,8,11-12,14H,1,4-7,9-10H2/t14-,27+/m0/s1. The Morgan fingerprint density at radius 2 is 2.19 bits per heavy atom. The summed E-state index contributed by atoms with van der Waals surface area (Å²) < 4.78 is 33.3. The molecule has 1 aromatic carbocycles. The number of hydrogen-bond acceptors (Lipinski definition) is 6. The summed E-state index contributed by atoms with van der Waals surface area (Å²) >= 11 is 0. The van der Waals surface area contributed by atoms with E-state index in [0.717, 1.165) is 6.42 Å². The van der Waals surface area contributed by atoms with Gasteiger partial charge in [0.2, 0.25) is 0 Å². The largest absolute Gasteiger partial charge is 0.442 e. The lowest BCUT2D eigenvalue weighted by Crippen LogP contribution is -2.28. The van der Waals surface area contributed by atoms with Crippen molar-refractivity contribution >= 4 is 28.3 Å². The zero-order chi connectivity index (χ0) is 18.8. The van der Waals surface area contributed by atoms with Crippen LogP contribution in [0.3, 0.4) is 0 Å². The molecule has 2 atom stereocenters. The van der Waals surface area contributed by atoms with E-state index in [1.54, 1.807) is 23.1 Å². The van der Waals surface area contributed by atoms with Gasteiger partial charge in [-0.25, -0.2) is 18.9 Å². The number of amides is 1. The molecule has 2 fully saturated rings. The highest BCUT2D eigenvalue weighted by Crippen LogP contribution is 2.28. The molecule has 2 aliphatic heterocycles.